The maximum atomic E-state index is 8.31. The molecule has 0 spiro atoms. The molecule has 0 aromatic heterocycles. The van der Waals surface area contributed by atoms with E-state index in [1.807, 2.05) is 13.8 Å². The van der Waals surface area contributed by atoms with Crippen LogP contribution in [0.5, 0.6) is 0 Å². The van der Waals surface area contributed by atoms with Gasteiger partial charge in [0.15, 0.2) is 23.8 Å². The first-order valence-corrected chi connectivity index (χ1v) is 15.0. The zero-order valence-electron chi connectivity index (χ0n) is 25.4. The lowest BCUT2D eigenvalue weighted by Crippen LogP contribution is -2.49. The first-order chi connectivity index (χ1) is 18.1. The first kappa shape index (κ1) is 35.5. The van der Waals surface area contributed by atoms with Crippen molar-refractivity contribution in [2.24, 2.45) is 11.8 Å². The van der Waals surface area contributed by atoms with Crippen LogP contribution in [0.3, 0.4) is 0 Å². The van der Waals surface area contributed by atoms with Gasteiger partial charge in [-0.1, -0.05) is 79.1 Å². The second kappa shape index (κ2) is 22.5. The van der Waals surface area contributed by atoms with Gasteiger partial charge >= 0.3 is 0 Å². The van der Waals surface area contributed by atoms with Crippen molar-refractivity contribution in [1.29, 1.82) is 21.6 Å². The topological polar surface area (TPSA) is 150 Å². The Bertz CT molecular complexity index is 606. The number of hydrogen-bond acceptors (Lipinski definition) is 4. The zero-order valence-corrected chi connectivity index (χ0v) is 25.4. The molecule has 0 aromatic rings. The minimum Gasteiger partial charge on any atom is -0.357 e. The molecule has 0 radical (unpaired) electrons. The number of hydrogen-bond donors (Lipinski definition) is 8. The molecule has 0 aliphatic carbocycles. The maximum absolute atomic E-state index is 8.31. The minimum atomic E-state index is 0.192. The van der Waals surface area contributed by atoms with Crippen LogP contribution in [0, 0.1) is 33.5 Å². The van der Waals surface area contributed by atoms with E-state index in [1.54, 1.807) is 0 Å². The smallest absolute Gasteiger partial charge is 0.197 e. The van der Waals surface area contributed by atoms with Crippen molar-refractivity contribution in [3.8, 4) is 0 Å². The summed E-state index contributed by atoms with van der Waals surface area (Å²) in [6.45, 7) is 17.3. The zero-order chi connectivity index (χ0) is 28.8. The molecular weight excluding hydrogens is 476 g/mol. The molecule has 0 aliphatic heterocycles. The molecule has 0 aromatic carbocycles. The molecule has 0 unspecified atom stereocenters. The van der Waals surface area contributed by atoms with Crippen molar-refractivity contribution in [3.63, 3.8) is 0 Å². The van der Waals surface area contributed by atoms with E-state index < -0.39 is 0 Å². The van der Waals surface area contributed by atoms with Crippen LogP contribution in [0.1, 0.15) is 106 Å². The molecule has 8 N–H and O–H groups in total. The summed E-state index contributed by atoms with van der Waals surface area (Å²) in [6.07, 6.45) is 12.1. The molecule has 0 atom stereocenters. The molecule has 0 bridgehead atoms. The fourth-order valence-electron chi connectivity index (χ4n) is 4.33. The van der Waals surface area contributed by atoms with E-state index in [9.17, 15) is 0 Å². The molecule has 0 aliphatic rings. The highest BCUT2D eigenvalue weighted by Crippen LogP contribution is 2.12. The van der Waals surface area contributed by atoms with Gasteiger partial charge in [0.05, 0.1) is 0 Å². The fraction of sp³-hybridized carbons (Fsp3) is 0.857. The van der Waals surface area contributed by atoms with Gasteiger partial charge in [0, 0.05) is 39.3 Å². The Labute approximate surface area is 233 Å². The van der Waals surface area contributed by atoms with Gasteiger partial charge < -0.3 is 20.4 Å². The predicted molar refractivity (Wildman–Crippen MR) is 164 cm³/mol. The number of nitrogens with one attached hydrogen (secondary N) is 8. The second-order valence-electron chi connectivity index (χ2n) is 11.0. The lowest BCUT2D eigenvalue weighted by atomic mass is 10.1. The fourth-order valence-corrected chi connectivity index (χ4v) is 4.33. The van der Waals surface area contributed by atoms with E-state index in [-0.39, 0.29) is 11.9 Å². The number of rotatable bonds is 19. The van der Waals surface area contributed by atoms with E-state index in [2.05, 4.69) is 58.8 Å². The summed E-state index contributed by atoms with van der Waals surface area (Å²) in [5.41, 5.74) is 0. The summed E-state index contributed by atoms with van der Waals surface area (Å²) in [7, 11) is 0. The van der Waals surface area contributed by atoms with E-state index in [0.29, 0.717) is 36.8 Å². The summed E-state index contributed by atoms with van der Waals surface area (Å²) >= 11 is 0. The van der Waals surface area contributed by atoms with E-state index in [1.165, 1.54) is 51.4 Å². The van der Waals surface area contributed by atoms with Gasteiger partial charge in [-0.3, -0.25) is 32.3 Å². The molecule has 38 heavy (non-hydrogen) atoms. The molecule has 222 valence electrons. The molecule has 0 saturated carbocycles. The first-order valence-electron chi connectivity index (χ1n) is 15.0. The van der Waals surface area contributed by atoms with Crippen LogP contribution in [-0.2, 0) is 0 Å². The Balaban J connectivity index is 4.00. The van der Waals surface area contributed by atoms with Gasteiger partial charge in [-0.2, -0.15) is 0 Å². The molecule has 0 fully saturated rings. The molecule has 0 amide bonds. The number of guanidine groups is 4. The van der Waals surface area contributed by atoms with Gasteiger partial charge in [-0.05, 0) is 38.5 Å². The van der Waals surface area contributed by atoms with Crippen molar-refractivity contribution in [3.05, 3.63) is 0 Å². The van der Waals surface area contributed by atoms with Gasteiger partial charge in [0.25, 0.3) is 0 Å². The quantitative estimate of drug-likeness (QED) is 0.0665. The SMILES string of the molecule is CCNC(=N)NC(=N)N(CCCCCCCCCCCCN(CC(C)C)C(=N)NC(=N)NCC)CC(C)C. The van der Waals surface area contributed by atoms with Crippen LogP contribution in [0.2, 0.25) is 0 Å². The predicted octanol–water partition coefficient (Wildman–Crippen LogP) is 4.94. The van der Waals surface area contributed by atoms with Crippen molar-refractivity contribution in [2.75, 3.05) is 39.3 Å². The van der Waals surface area contributed by atoms with E-state index in [0.717, 1.165) is 39.0 Å². The lowest BCUT2D eigenvalue weighted by molar-refractivity contribution is 0.344. The van der Waals surface area contributed by atoms with E-state index in [4.69, 9.17) is 21.6 Å². The van der Waals surface area contributed by atoms with Crippen LogP contribution >= 0.6 is 0 Å². The van der Waals surface area contributed by atoms with Gasteiger partial charge in [0.1, 0.15) is 0 Å². The molecule has 10 nitrogen and oxygen atoms in total. The Morgan fingerprint density at radius 3 is 1.08 bits per heavy atom. The van der Waals surface area contributed by atoms with Crippen LogP contribution in [0.15, 0.2) is 0 Å². The minimum absolute atomic E-state index is 0.192. The van der Waals surface area contributed by atoms with Crippen molar-refractivity contribution >= 4 is 23.8 Å². The van der Waals surface area contributed by atoms with Crippen LogP contribution in [-0.4, -0.2) is 72.9 Å². The Hall–Kier alpha value is -2.52. The Kier molecular flexibility index (Phi) is 21.0. The van der Waals surface area contributed by atoms with Gasteiger partial charge in [-0.25, -0.2) is 0 Å². The summed E-state index contributed by atoms with van der Waals surface area (Å²) in [5, 5.41) is 43.8. The average molecular weight is 537 g/mol. The molecule has 0 saturated heterocycles. The highest BCUT2D eigenvalue weighted by molar-refractivity contribution is 5.96. The Morgan fingerprint density at radius 1 is 0.526 bits per heavy atom. The van der Waals surface area contributed by atoms with Gasteiger partial charge in [-0.15, -0.1) is 0 Å². The van der Waals surface area contributed by atoms with Crippen molar-refractivity contribution < 1.29 is 0 Å². The standard InChI is InChI=1S/C28H60N10/c1-7-33-25(29)35-27(31)37(21-23(3)4)19-17-15-13-11-9-10-12-14-16-18-20-38(22-24(5)6)28(32)36-26(30)34-8-2/h23-24H,7-22H2,1-6H3,(H4,29,31,33,35)(H4,30,32,34,36). The average Bonchev–Trinajstić information content (AvgIpc) is 2.82. The van der Waals surface area contributed by atoms with Crippen molar-refractivity contribution in [1.82, 2.24) is 31.1 Å². The third kappa shape index (κ3) is 19.6. The highest BCUT2D eigenvalue weighted by Gasteiger charge is 2.13. The number of nitrogens with zero attached hydrogens (tertiary/aromatic N) is 2. The molecular formula is C28H60N10. The normalized spacial score (nSPS) is 10.8. The van der Waals surface area contributed by atoms with E-state index >= 15 is 0 Å². The van der Waals surface area contributed by atoms with Crippen molar-refractivity contribution in [2.45, 2.75) is 106 Å². The monoisotopic (exact) mass is 537 g/mol. The third-order valence-corrected chi connectivity index (χ3v) is 6.10. The van der Waals surface area contributed by atoms with Crippen LogP contribution < -0.4 is 21.3 Å². The largest absolute Gasteiger partial charge is 0.357 e. The van der Waals surface area contributed by atoms with Crippen LogP contribution in [0.25, 0.3) is 0 Å². The Morgan fingerprint density at radius 2 is 0.816 bits per heavy atom. The third-order valence-electron chi connectivity index (χ3n) is 6.10. The highest BCUT2D eigenvalue weighted by atomic mass is 15.3. The summed E-state index contributed by atoms with van der Waals surface area (Å²) < 4.78 is 0. The summed E-state index contributed by atoms with van der Waals surface area (Å²) in [5.74, 6) is 1.97. The van der Waals surface area contributed by atoms with Gasteiger partial charge in [0.2, 0.25) is 0 Å². The maximum Gasteiger partial charge on any atom is 0.197 e. The van der Waals surface area contributed by atoms with Crippen LogP contribution in [0.4, 0.5) is 0 Å². The molecule has 0 heterocycles. The number of unbranched alkanes of at least 4 members (excludes halogenated alkanes) is 9. The molecule has 10 heteroatoms. The second-order valence-corrected chi connectivity index (χ2v) is 11.0. The molecule has 0 rings (SSSR count). The summed E-state index contributed by atoms with van der Waals surface area (Å²) in [6, 6.07) is 0. The summed E-state index contributed by atoms with van der Waals surface area (Å²) in [4.78, 5) is 4.12. The lowest BCUT2D eigenvalue weighted by Gasteiger charge is -2.27.